The van der Waals surface area contributed by atoms with Crippen LogP contribution in [0.1, 0.15) is 30.1 Å². The van der Waals surface area contributed by atoms with E-state index in [0.29, 0.717) is 30.0 Å². The first-order valence-electron chi connectivity index (χ1n) is 6.70. The molecule has 0 aliphatic carbocycles. The Morgan fingerprint density at radius 3 is 2.57 bits per heavy atom. The predicted octanol–water partition coefficient (Wildman–Crippen LogP) is 1.93. The number of carboxylic acids is 1. The van der Waals surface area contributed by atoms with Crippen LogP contribution in [0.5, 0.6) is 11.5 Å². The Morgan fingerprint density at radius 1 is 1.29 bits per heavy atom. The normalized spacial score (nSPS) is 11.6. The molecule has 0 saturated carbocycles. The number of hydrogen-bond donors (Lipinski definition) is 2. The first kappa shape index (κ1) is 16.8. The SMILES string of the molecule is COc1ccc(OC)c(C(=O)NCC(C)CCC(=O)O)c1. The Hall–Kier alpha value is -2.24. The lowest BCUT2D eigenvalue weighted by molar-refractivity contribution is -0.137. The molecular weight excluding hydrogens is 274 g/mol. The third-order valence-corrected chi connectivity index (χ3v) is 3.11. The van der Waals surface area contributed by atoms with Crippen LogP contribution in [0.3, 0.4) is 0 Å². The van der Waals surface area contributed by atoms with Crippen molar-refractivity contribution >= 4 is 11.9 Å². The zero-order valence-electron chi connectivity index (χ0n) is 12.5. The lowest BCUT2D eigenvalue weighted by atomic mass is 10.1. The molecule has 6 nitrogen and oxygen atoms in total. The quantitative estimate of drug-likeness (QED) is 0.765. The van der Waals surface area contributed by atoms with Crippen molar-refractivity contribution < 1.29 is 24.2 Å². The number of ether oxygens (including phenoxy) is 2. The van der Waals surface area contributed by atoms with Crippen molar-refractivity contribution in [3.8, 4) is 11.5 Å². The molecule has 1 aromatic carbocycles. The van der Waals surface area contributed by atoms with Gasteiger partial charge < -0.3 is 19.9 Å². The molecule has 6 heteroatoms. The minimum atomic E-state index is -0.831. The summed E-state index contributed by atoms with van der Waals surface area (Å²) in [5.74, 6) is 0.0172. The molecule has 2 N–H and O–H groups in total. The van der Waals surface area contributed by atoms with E-state index in [1.807, 2.05) is 6.92 Å². The van der Waals surface area contributed by atoms with E-state index in [1.165, 1.54) is 14.2 Å². The van der Waals surface area contributed by atoms with Gasteiger partial charge in [0.25, 0.3) is 5.91 Å². The van der Waals surface area contributed by atoms with Crippen LogP contribution < -0.4 is 14.8 Å². The number of carboxylic acid groups (broad SMARTS) is 1. The van der Waals surface area contributed by atoms with Crippen LogP contribution in [0, 0.1) is 5.92 Å². The minimum absolute atomic E-state index is 0.0849. The van der Waals surface area contributed by atoms with Gasteiger partial charge in [-0.05, 0) is 30.5 Å². The zero-order valence-corrected chi connectivity index (χ0v) is 12.5. The molecule has 0 bridgehead atoms. The summed E-state index contributed by atoms with van der Waals surface area (Å²) in [6.07, 6.45) is 0.615. The number of benzene rings is 1. The van der Waals surface area contributed by atoms with Crippen LogP contribution >= 0.6 is 0 Å². The Bertz CT molecular complexity index is 501. The van der Waals surface area contributed by atoms with Crippen molar-refractivity contribution in [2.45, 2.75) is 19.8 Å². The van der Waals surface area contributed by atoms with Gasteiger partial charge in [-0.2, -0.15) is 0 Å². The number of nitrogens with one attached hydrogen (secondary N) is 1. The highest BCUT2D eigenvalue weighted by Gasteiger charge is 2.14. The molecule has 21 heavy (non-hydrogen) atoms. The maximum atomic E-state index is 12.2. The lowest BCUT2D eigenvalue weighted by Gasteiger charge is -2.14. The van der Waals surface area contributed by atoms with E-state index in [2.05, 4.69) is 5.32 Å². The smallest absolute Gasteiger partial charge is 0.303 e. The summed E-state index contributed by atoms with van der Waals surface area (Å²) in [5, 5.41) is 11.4. The highest BCUT2D eigenvalue weighted by molar-refractivity contribution is 5.97. The van der Waals surface area contributed by atoms with Crippen LogP contribution in [-0.4, -0.2) is 37.7 Å². The van der Waals surface area contributed by atoms with Gasteiger partial charge in [0.15, 0.2) is 0 Å². The standard InChI is InChI=1S/C15H21NO5/c1-10(4-7-14(17)18)9-16-15(19)12-8-11(20-2)5-6-13(12)21-3/h5-6,8,10H,4,7,9H2,1-3H3,(H,16,19)(H,17,18). The Labute approximate surface area is 124 Å². The van der Waals surface area contributed by atoms with Crippen LogP contribution in [-0.2, 0) is 4.79 Å². The van der Waals surface area contributed by atoms with Gasteiger partial charge in [-0.25, -0.2) is 0 Å². The van der Waals surface area contributed by atoms with Crippen molar-refractivity contribution in [2.24, 2.45) is 5.92 Å². The molecule has 1 atom stereocenters. The lowest BCUT2D eigenvalue weighted by Crippen LogP contribution is -2.28. The number of rotatable bonds is 8. The maximum absolute atomic E-state index is 12.2. The Morgan fingerprint density at radius 2 is 2.00 bits per heavy atom. The average molecular weight is 295 g/mol. The molecule has 116 valence electrons. The predicted molar refractivity (Wildman–Crippen MR) is 77.9 cm³/mol. The molecule has 0 spiro atoms. The van der Waals surface area contributed by atoms with Crippen LogP contribution in [0.25, 0.3) is 0 Å². The number of carbonyl (C=O) groups excluding carboxylic acids is 1. The number of aliphatic carboxylic acids is 1. The highest BCUT2D eigenvalue weighted by Crippen LogP contribution is 2.23. The number of methoxy groups -OCH3 is 2. The summed E-state index contributed by atoms with van der Waals surface area (Å²) in [7, 11) is 3.02. The number of amides is 1. The van der Waals surface area contributed by atoms with Gasteiger partial charge in [-0.15, -0.1) is 0 Å². The van der Waals surface area contributed by atoms with Crippen LogP contribution in [0.15, 0.2) is 18.2 Å². The van der Waals surface area contributed by atoms with Crippen molar-refractivity contribution in [3.05, 3.63) is 23.8 Å². The van der Waals surface area contributed by atoms with Gasteiger partial charge in [0.05, 0.1) is 19.8 Å². The zero-order chi connectivity index (χ0) is 15.8. The molecule has 0 aliphatic rings. The van der Waals surface area contributed by atoms with E-state index in [0.717, 1.165) is 0 Å². The van der Waals surface area contributed by atoms with E-state index < -0.39 is 5.97 Å². The summed E-state index contributed by atoms with van der Waals surface area (Å²) in [5.41, 5.74) is 0.391. The van der Waals surface area contributed by atoms with E-state index in [4.69, 9.17) is 14.6 Å². The van der Waals surface area contributed by atoms with Gasteiger partial charge >= 0.3 is 5.97 Å². The summed E-state index contributed by atoms with van der Waals surface area (Å²) < 4.78 is 10.3. The third-order valence-electron chi connectivity index (χ3n) is 3.11. The van der Waals surface area contributed by atoms with Gasteiger partial charge in [-0.1, -0.05) is 6.92 Å². The third kappa shape index (κ3) is 5.33. The second-order valence-electron chi connectivity index (χ2n) is 4.81. The molecule has 0 aromatic heterocycles. The van der Waals surface area contributed by atoms with Crippen LogP contribution in [0.4, 0.5) is 0 Å². The average Bonchev–Trinajstić information content (AvgIpc) is 2.49. The van der Waals surface area contributed by atoms with Crippen molar-refractivity contribution in [2.75, 3.05) is 20.8 Å². The molecule has 0 saturated heterocycles. The molecule has 0 heterocycles. The van der Waals surface area contributed by atoms with E-state index in [9.17, 15) is 9.59 Å². The fourth-order valence-corrected chi connectivity index (χ4v) is 1.83. The minimum Gasteiger partial charge on any atom is -0.497 e. The molecule has 0 fully saturated rings. The molecular formula is C15H21NO5. The summed E-state index contributed by atoms with van der Waals surface area (Å²) >= 11 is 0. The second kappa shape index (κ2) is 8.14. The monoisotopic (exact) mass is 295 g/mol. The van der Waals surface area contributed by atoms with E-state index in [-0.39, 0.29) is 18.2 Å². The first-order chi connectivity index (χ1) is 9.97. The first-order valence-corrected chi connectivity index (χ1v) is 6.70. The largest absolute Gasteiger partial charge is 0.497 e. The fourth-order valence-electron chi connectivity index (χ4n) is 1.83. The Kier molecular flexibility index (Phi) is 6.52. The van der Waals surface area contributed by atoms with Gasteiger partial charge in [-0.3, -0.25) is 9.59 Å². The molecule has 0 aliphatic heterocycles. The molecule has 1 amide bonds. The summed E-state index contributed by atoms with van der Waals surface area (Å²) in [4.78, 5) is 22.7. The van der Waals surface area contributed by atoms with E-state index >= 15 is 0 Å². The van der Waals surface area contributed by atoms with Crippen molar-refractivity contribution in [1.29, 1.82) is 0 Å². The maximum Gasteiger partial charge on any atom is 0.303 e. The van der Waals surface area contributed by atoms with Crippen molar-refractivity contribution in [3.63, 3.8) is 0 Å². The molecule has 0 radical (unpaired) electrons. The van der Waals surface area contributed by atoms with E-state index in [1.54, 1.807) is 18.2 Å². The number of hydrogen-bond acceptors (Lipinski definition) is 4. The van der Waals surface area contributed by atoms with Crippen molar-refractivity contribution in [1.82, 2.24) is 5.32 Å². The van der Waals surface area contributed by atoms with Gasteiger partial charge in [0.1, 0.15) is 11.5 Å². The Balaban J connectivity index is 2.64. The molecule has 1 unspecified atom stereocenters. The summed E-state index contributed by atoms with van der Waals surface area (Å²) in [6.45, 7) is 2.30. The van der Waals surface area contributed by atoms with Gasteiger partial charge in [0.2, 0.25) is 0 Å². The number of carbonyl (C=O) groups is 2. The second-order valence-corrected chi connectivity index (χ2v) is 4.81. The highest BCUT2D eigenvalue weighted by atomic mass is 16.5. The summed E-state index contributed by atoms with van der Waals surface area (Å²) in [6, 6.07) is 4.99. The molecule has 1 aromatic rings. The topological polar surface area (TPSA) is 84.9 Å². The van der Waals surface area contributed by atoms with Crippen LogP contribution in [0.2, 0.25) is 0 Å². The van der Waals surface area contributed by atoms with Gasteiger partial charge in [0, 0.05) is 13.0 Å². The fraction of sp³-hybridized carbons (Fsp3) is 0.467. The molecule has 1 rings (SSSR count).